The second-order valence-corrected chi connectivity index (χ2v) is 6.33. The van der Waals surface area contributed by atoms with Gasteiger partial charge in [0, 0.05) is 29.2 Å². The number of aryl methyl sites for hydroxylation is 2. The molecule has 0 bridgehead atoms. The summed E-state index contributed by atoms with van der Waals surface area (Å²) in [6, 6.07) is 8.21. The van der Waals surface area contributed by atoms with Gasteiger partial charge in [-0.25, -0.2) is 4.98 Å². The average molecular weight is 389 g/mol. The van der Waals surface area contributed by atoms with Gasteiger partial charge in [0.2, 0.25) is 0 Å². The first-order chi connectivity index (χ1) is 13.2. The van der Waals surface area contributed by atoms with Crippen molar-refractivity contribution >= 4 is 11.6 Å². The van der Waals surface area contributed by atoms with Crippen molar-refractivity contribution in [3.8, 4) is 11.4 Å². The minimum atomic E-state index is -4.59. The lowest BCUT2D eigenvalue weighted by Crippen LogP contribution is -2.15. The van der Waals surface area contributed by atoms with Gasteiger partial charge in [0.15, 0.2) is 0 Å². The first-order valence-electron chi connectivity index (χ1n) is 8.36. The van der Waals surface area contributed by atoms with E-state index in [1.54, 1.807) is 31.3 Å². The Morgan fingerprint density at radius 3 is 2.50 bits per heavy atom. The number of rotatable bonds is 4. The van der Waals surface area contributed by atoms with Gasteiger partial charge in [-0.05, 0) is 43.7 Å². The Hall–Kier alpha value is -3.29. The van der Waals surface area contributed by atoms with Crippen molar-refractivity contribution < 1.29 is 22.7 Å². The molecule has 1 N–H and O–H groups in total. The average Bonchev–Trinajstić information content (AvgIpc) is 3.08. The van der Waals surface area contributed by atoms with Crippen LogP contribution in [0.3, 0.4) is 0 Å². The summed E-state index contributed by atoms with van der Waals surface area (Å²) in [4.78, 5) is 16.6. The number of benzene rings is 2. The summed E-state index contributed by atoms with van der Waals surface area (Å²) in [5.74, 6) is -0.0912. The van der Waals surface area contributed by atoms with E-state index >= 15 is 0 Å². The van der Waals surface area contributed by atoms with Gasteiger partial charge in [-0.15, -0.1) is 0 Å². The van der Waals surface area contributed by atoms with Crippen LogP contribution in [0.1, 0.15) is 27.2 Å². The van der Waals surface area contributed by atoms with Crippen LogP contribution in [-0.2, 0) is 6.18 Å². The second-order valence-electron chi connectivity index (χ2n) is 6.33. The summed E-state index contributed by atoms with van der Waals surface area (Å²) in [5, 5.41) is 2.61. The number of halogens is 3. The third kappa shape index (κ3) is 4.16. The van der Waals surface area contributed by atoms with Crippen molar-refractivity contribution in [1.82, 2.24) is 9.55 Å². The minimum absolute atomic E-state index is 0.115. The van der Waals surface area contributed by atoms with Crippen LogP contribution in [-0.4, -0.2) is 22.6 Å². The molecule has 28 heavy (non-hydrogen) atoms. The Bertz CT molecular complexity index is 1030. The molecule has 0 unspecified atom stereocenters. The predicted molar refractivity (Wildman–Crippen MR) is 99.0 cm³/mol. The maximum atomic E-state index is 13.3. The van der Waals surface area contributed by atoms with Crippen molar-refractivity contribution in [2.75, 3.05) is 12.4 Å². The summed E-state index contributed by atoms with van der Waals surface area (Å²) in [6.45, 7) is 3.57. The number of nitrogens with one attached hydrogen (secondary N) is 1. The number of nitrogens with zero attached hydrogens (tertiary/aromatic N) is 2. The number of aromatic nitrogens is 2. The summed E-state index contributed by atoms with van der Waals surface area (Å²) in [6.07, 6.45) is -1.60. The number of imidazole rings is 1. The molecule has 5 nitrogen and oxygen atoms in total. The molecule has 0 spiro atoms. The Balaban J connectivity index is 1.99. The minimum Gasteiger partial charge on any atom is -0.496 e. The molecule has 1 amide bonds. The van der Waals surface area contributed by atoms with Gasteiger partial charge in [0.05, 0.1) is 24.7 Å². The van der Waals surface area contributed by atoms with E-state index in [2.05, 4.69) is 10.3 Å². The number of alkyl halides is 3. The fourth-order valence-corrected chi connectivity index (χ4v) is 2.72. The molecule has 0 aliphatic carbocycles. The third-order valence-electron chi connectivity index (χ3n) is 4.18. The Morgan fingerprint density at radius 2 is 1.89 bits per heavy atom. The summed E-state index contributed by atoms with van der Waals surface area (Å²) in [7, 11) is 1.50. The normalized spacial score (nSPS) is 11.4. The summed E-state index contributed by atoms with van der Waals surface area (Å²) < 4.78 is 46.6. The first kappa shape index (κ1) is 19.5. The van der Waals surface area contributed by atoms with E-state index < -0.39 is 17.6 Å². The van der Waals surface area contributed by atoms with Gasteiger partial charge >= 0.3 is 6.18 Å². The topological polar surface area (TPSA) is 56.1 Å². The maximum Gasteiger partial charge on any atom is 0.416 e. The molecule has 1 aromatic heterocycles. The van der Waals surface area contributed by atoms with E-state index in [4.69, 9.17) is 4.74 Å². The zero-order valence-corrected chi connectivity index (χ0v) is 15.5. The molecular formula is C20H18F3N3O2. The van der Waals surface area contributed by atoms with Crippen LogP contribution in [0.25, 0.3) is 5.69 Å². The molecule has 1 heterocycles. The molecule has 8 heteroatoms. The van der Waals surface area contributed by atoms with Crippen LogP contribution < -0.4 is 10.1 Å². The van der Waals surface area contributed by atoms with Crippen molar-refractivity contribution in [2.24, 2.45) is 0 Å². The maximum absolute atomic E-state index is 13.3. The number of amides is 1. The zero-order valence-electron chi connectivity index (χ0n) is 15.5. The molecule has 0 fully saturated rings. The van der Waals surface area contributed by atoms with E-state index in [0.29, 0.717) is 17.1 Å². The van der Waals surface area contributed by atoms with Crippen LogP contribution in [0, 0.1) is 13.8 Å². The number of hydrogen-bond acceptors (Lipinski definition) is 3. The second kappa shape index (κ2) is 7.38. The first-order valence-corrected chi connectivity index (χ1v) is 8.36. The molecule has 0 saturated carbocycles. The Morgan fingerprint density at radius 1 is 1.14 bits per heavy atom. The van der Waals surface area contributed by atoms with Crippen molar-refractivity contribution in [3.63, 3.8) is 0 Å². The van der Waals surface area contributed by atoms with Crippen LogP contribution in [0.15, 0.2) is 48.9 Å². The summed E-state index contributed by atoms with van der Waals surface area (Å²) in [5.41, 5.74) is 1.11. The van der Waals surface area contributed by atoms with Crippen LogP contribution >= 0.6 is 0 Å². The van der Waals surface area contributed by atoms with Crippen LogP contribution in [0.2, 0.25) is 0 Å². The van der Waals surface area contributed by atoms with Gasteiger partial charge in [0.1, 0.15) is 5.75 Å². The smallest absolute Gasteiger partial charge is 0.416 e. The Labute approximate surface area is 159 Å². The van der Waals surface area contributed by atoms with Gasteiger partial charge in [-0.2, -0.15) is 13.2 Å². The lowest BCUT2D eigenvalue weighted by Gasteiger charge is -2.13. The number of methoxy groups -OCH3 is 1. The molecule has 0 saturated heterocycles. The number of ether oxygens (including phenoxy) is 1. The van der Waals surface area contributed by atoms with Crippen LogP contribution in [0.5, 0.6) is 5.75 Å². The van der Waals surface area contributed by atoms with Gasteiger partial charge < -0.3 is 14.6 Å². The summed E-state index contributed by atoms with van der Waals surface area (Å²) >= 11 is 0. The number of anilines is 1. The highest BCUT2D eigenvalue weighted by molar-refractivity contribution is 6.04. The molecule has 0 aliphatic heterocycles. The molecule has 0 atom stereocenters. The van der Waals surface area contributed by atoms with E-state index in [-0.39, 0.29) is 11.3 Å². The van der Waals surface area contributed by atoms with Crippen molar-refractivity contribution in [1.29, 1.82) is 0 Å². The van der Waals surface area contributed by atoms with E-state index in [9.17, 15) is 18.0 Å². The van der Waals surface area contributed by atoms with Crippen molar-refractivity contribution in [3.05, 3.63) is 71.3 Å². The monoisotopic (exact) mass is 389 g/mol. The molecule has 0 aliphatic rings. The fourth-order valence-electron chi connectivity index (χ4n) is 2.72. The van der Waals surface area contributed by atoms with Gasteiger partial charge in [-0.3, -0.25) is 4.79 Å². The third-order valence-corrected chi connectivity index (χ3v) is 4.18. The highest BCUT2D eigenvalue weighted by Gasteiger charge is 2.32. The molecule has 2 aromatic carbocycles. The zero-order chi connectivity index (χ0) is 20.5. The lowest BCUT2D eigenvalue weighted by molar-refractivity contribution is -0.137. The lowest BCUT2D eigenvalue weighted by atomic mass is 10.1. The van der Waals surface area contributed by atoms with Crippen LogP contribution in [0.4, 0.5) is 18.9 Å². The highest BCUT2D eigenvalue weighted by atomic mass is 19.4. The van der Waals surface area contributed by atoms with Crippen molar-refractivity contribution in [2.45, 2.75) is 20.0 Å². The molecule has 3 rings (SSSR count). The number of carbonyl (C=O) groups excluding carboxylic acids is 1. The molecule has 3 aromatic rings. The fraction of sp³-hybridized carbons (Fsp3) is 0.200. The van der Waals surface area contributed by atoms with E-state index in [1.165, 1.54) is 24.1 Å². The van der Waals surface area contributed by atoms with E-state index in [0.717, 1.165) is 17.7 Å². The predicted octanol–water partition coefficient (Wildman–Crippen LogP) is 4.77. The SMILES string of the molecule is COc1cc(NC(=O)c2cc(-n3cnc(C)c3)cc(C(F)(F)F)c2)ccc1C. The largest absolute Gasteiger partial charge is 0.496 e. The van der Waals surface area contributed by atoms with Gasteiger partial charge in [-0.1, -0.05) is 6.07 Å². The number of carbonyl (C=O) groups is 1. The molecule has 146 valence electrons. The van der Waals surface area contributed by atoms with E-state index in [1.807, 2.05) is 6.92 Å². The standard InChI is InChI=1S/C20H18F3N3O2/c1-12-4-5-16(9-18(12)28-3)25-19(27)14-6-15(20(21,22)23)8-17(7-14)26-10-13(2)24-11-26/h4-11H,1-3H3,(H,25,27). The molecular weight excluding hydrogens is 371 g/mol. The molecule has 0 radical (unpaired) electrons. The number of hydrogen-bond donors (Lipinski definition) is 1. The quantitative estimate of drug-likeness (QED) is 0.699. The van der Waals surface area contributed by atoms with Gasteiger partial charge in [0.25, 0.3) is 5.91 Å². The highest BCUT2D eigenvalue weighted by Crippen LogP contribution is 2.32. The Kier molecular flexibility index (Phi) is 5.13.